The van der Waals surface area contributed by atoms with E-state index in [0.29, 0.717) is 12.5 Å². The Morgan fingerprint density at radius 2 is 2.05 bits per heavy atom. The largest absolute Gasteiger partial charge is 0.467 e. The van der Waals surface area contributed by atoms with Gasteiger partial charge in [0, 0.05) is 12.6 Å². The third-order valence-electron chi connectivity index (χ3n) is 4.35. The van der Waals surface area contributed by atoms with Gasteiger partial charge in [-0.05, 0) is 31.7 Å². The Morgan fingerprint density at radius 3 is 2.48 bits per heavy atom. The first-order chi connectivity index (χ1) is 9.94. The minimum absolute atomic E-state index is 0.0421. The minimum atomic E-state index is -0.585. The molecule has 1 saturated carbocycles. The highest BCUT2D eigenvalue weighted by Crippen LogP contribution is 2.34. The average Bonchev–Trinajstić information content (AvgIpc) is 3.28. The van der Waals surface area contributed by atoms with Gasteiger partial charge in [-0.2, -0.15) is 0 Å². The maximum Gasteiger partial charge on any atom is 0.328 e. The number of nitrogens with one attached hydrogen (secondary N) is 1. The predicted octanol–water partition coefficient (Wildman–Crippen LogP) is 0.359. The molecular weight excluding hydrogens is 270 g/mol. The molecule has 6 heteroatoms. The van der Waals surface area contributed by atoms with Crippen molar-refractivity contribution in [3.05, 3.63) is 0 Å². The van der Waals surface area contributed by atoms with Gasteiger partial charge < -0.3 is 15.8 Å². The quantitative estimate of drug-likeness (QED) is 0.601. The molecule has 21 heavy (non-hydrogen) atoms. The van der Waals surface area contributed by atoms with Crippen molar-refractivity contribution in [3.63, 3.8) is 0 Å². The number of methoxy groups -OCH3 is 1. The van der Waals surface area contributed by atoms with Crippen LogP contribution in [0.5, 0.6) is 0 Å². The number of carbonyl (C=O) groups is 2. The lowest BCUT2D eigenvalue weighted by atomic mass is 9.99. The van der Waals surface area contributed by atoms with Crippen LogP contribution in [0.3, 0.4) is 0 Å². The summed E-state index contributed by atoms with van der Waals surface area (Å²) in [4.78, 5) is 25.9. The fourth-order valence-electron chi connectivity index (χ4n) is 2.57. The van der Waals surface area contributed by atoms with Crippen LogP contribution in [0.1, 0.15) is 33.1 Å². The van der Waals surface area contributed by atoms with Gasteiger partial charge in [-0.3, -0.25) is 9.69 Å². The second-order valence-electron chi connectivity index (χ2n) is 6.01. The molecule has 0 spiro atoms. The van der Waals surface area contributed by atoms with Crippen molar-refractivity contribution in [1.82, 2.24) is 10.2 Å². The number of carbonyl (C=O) groups excluding carboxylic acids is 2. The molecule has 1 fully saturated rings. The van der Waals surface area contributed by atoms with Gasteiger partial charge in [-0.25, -0.2) is 4.79 Å². The fourth-order valence-corrected chi connectivity index (χ4v) is 2.57. The van der Waals surface area contributed by atoms with E-state index >= 15 is 0 Å². The molecule has 1 aliphatic rings. The lowest BCUT2D eigenvalue weighted by Gasteiger charge is -2.28. The summed E-state index contributed by atoms with van der Waals surface area (Å²) in [5.41, 5.74) is 5.78. The highest BCUT2D eigenvalue weighted by atomic mass is 16.5. The van der Waals surface area contributed by atoms with Crippen LogP contribution in [-0.2, 0) is 14.3 Å². The van der Waals surface area contributed by atoms with E-state index in [1.54, 1.807) is 0 Å². The fraction of sp³-hybridized carbons (Fsp3) is 0.867. The van der Waals surface area contributed by atoms with Crippen molar-refractivity contribution in [2.45, 2.75) is 45.2 Å². The molecule has 0 aliphatic heterocycles. The summed E-state index contributed by atoms with van der Waals surface area (Å²) in [5.74, 6) is 0.101. The molecule has 0 aromatic carbocycles. The summed E-state index contributed by atoms with van der Waals surface area (Å²) in [6.45, 7) is 4.72. The van der Waals surface area contributed by atoms with Crippen molar-refractivity contribution in [2.24, 2.45) is 17.6 Å². The van der Waals surface area contributed by atoms with Gasteiger partial charge in [0.15, 0.2) is 0 Å². The molecule has 0 radical (unpaired) electrons. The Morgan fingerprint density at radius 1 is 1.43 bits per heavy atom. The zero-order valence-corrected chi connectivity index (χ0v) is 13.6. The van der Waals surface area contributed by atoms with Crippen LogP contribution in [0.4, 0.5) is 0 Å². The zero-order chi connectivity index (χ0) is 16.0. The number of rotatable bonds is 9. The highest BCUT2D eigenvalue weighted by molar-refractivity contribution is 5.85. The normalized spacial score (nSPS) is 19.0. The Labute approximate surface area is 127 Å². The molecular formula is C15H29N3O3. The van der Waals surface area contributed by atoms with E-state index in [-0.39, 0.29) is 24.4 Å². The first kappa shape index (κ1) is 17.9. The number of nitrogens with zero attached hydrogens (tertiary/aromatic N) is 1. The van der Waals surface area contributed by atoms with Crippen LogP contribution >= 0.6 is 0 Å². The zero-order valence-electron chi connectivity index (χ0n) is 13.6. The topological polar surface area (TPSA) is 84.7 Å². The Hall–Kier alpha value is -1.14. The van der Waals surface area contributed by atoms with E-state index in [1.807, 2.05) is 25.8 Å². The Bertz CT molecular complexity index is 358. The predicted molar refractivity (Wildman–Crippen MR) is 81.6 cm³/mol. The van der Waals surface area contributed by atoms with Gasteiger partial charge in [-0.1, -0.05) is 20.3 Å². The third-order valence-corrected chi connectivity index (χ3v) is 4.35. The van der Waals surface area contributed by atoms with Crippen LogP contribution in [0.15, 0.2) is 0 Å². The maximum absolute atomic E-state index is 12.2. The number of nitrogens with two attached hydrogens (primary N) is 1. The van der Waals surface area contributed by atoms with Crippen LogP contribution in [-0.4, -0.2) is 56.1 Å². The standard InChI is InChI=1S/C15H29N3O3/c1-5-10(2)14(15(20)21-4)17-13(19)9-18(3)12(8-16)11-6-7-11/h10-12,14H,5-9,16H2,1-4H3,(H,17,19). The van der Waals surface area contributed by atoms with Gasteiger partial charge in [0.2, 0.25) is 5.91 Å². The van der Waals surface area contributed by atoms with E-state index in [9.17, 15) is 9.59 Å². The average molecular weight is 299 g/mol. The van der Waals surface area contributed by atoms with Gasteiger partial charge in [0.1, 0.15) is 6.04 Å². The molecule has 0 aromatic rings. The van der Waals surface area contributed by atoms with Gasteiger partial charge in [-0.15, -0.1) is 0 Å². The summed E-state index contributed by atoms with van der Waals surface area (Å²) in [6.07, 6.45) is 3.17. The number of hydrogen-bond donors (Lipinski definition) is 2. The summed E-state index contributed by atoms with van der Waals surface area (Å²) < 4.78 is 4.77. The Kier molecular flexibility index (Phi) is 7.11. The molecule has 0 saturated heterocycles. The summed E-state index contributed by atoms with van der Waals surface area (Å²) in [5, 5.41) is 2.79. The van der Waals surface area contributed by atoms with Crippen LogP contribution in [0.2, 0.25) is 0 Å². The monoisotopic (exact) mass is 299 g/mol. The summed E-state index contributed by atoms with van der Waals surface area (Å²) >= 11 is 0. The van der Waals surface area contributed by atoms with E-state index in [2.05, 4.69) is 5.32 Å². The highest BCUT2D eigenvalue weighted by Gasteiger charge is 2.34. The lowest BCUT2D eigenvalue weighted by molar-refractivity contribution is -0.146. The van der Waals surface area contributed by atoms with Crippen molar-refractivity contribution < 1.29 is 14.3 Å². The van der Waals surface area contributed by atoms with E-state index in [0.717, 1.165) is 6.42 Å². The van der Waals surface area contributed by atoms with E-state index < -0.39 is 12.0 Å². The second-order valence-corrected chi connectivity index (χ2v) is 6.01. The Balaban J connectivity index is 2.54. The molecule has 3 N–H and O–H groups in total. The smallest absolute Gasteiger partial charge is 0.328 e. The van der Waals surface area contributed by atoms with Crippen LogP contribution < -0.4 is 11.1 Å². The molecule has 1 rings (SSSR count). The molecule has 0 bridgehead atoms. The van der Waals surface area contributed by atoms with Crippen molar-refractivity contribution in [2.75, 3.05) is 27.2 Å². The van der Waals surface area contributed by atoms with E-state index in [1.165, 1.54) is 20.0 Å². The first-order valence-corrected chi connectivity index (χ1v) is 7.72. The molecule has 0 aromatic heterocycles. The molecule has 1 aliphatic carbocycles. The van der Waals surface area contributed by atoms with Crippen LogP contribution in [0.25, 0.3) is 0 Å². The molecule has 1 amide bonds. The van der Waals surface area contributed by atoms with Gasteiger partial charge in [0.25, 0.3) is 0 Å². The molecule has 3 atom stereocenters. The second kappa shape index (κ2) is 8.34. The number of amides is 1. The number of hydrogen-bond acceptors (Lipinski definition) is 5. The lowest BCUT2D eigenvalue weighted by Crippen LogP contribution is -2.51. The number of ether oxygens (including phenoxy) is 1. The van der Waals surface area contributed by atoms with Gasteiger partial charge >= 0.3 is 5.97 Å². The summed E-state index contributed by atoms with van der Waals surface area (Å²) in [6, 6.07) is -0.339. The first-order valence-electron chi connectivity index (χ1n) is 7.72. The van der Waals surface area contributed by atoms with Crippen molar-refractivity contribution >= 4 is 11.9 Å². The molecule has 6 nitrogen and oxygen atoms in total. The third kappa shape index (κ3) is 5.28. The molecule has 3 unspecified atom stereocenters. The van der Waals surface area contributed by atoms with E-state index in [4.69, 9.17) is 10.5 Å². The number of esters is 1. The maximum atomic E-state index is 12.2. The molecule has 0 heterocycles. The van der Waals surface area contributed by atoms with Crippen LogP contribution in [0, 0.1) is 11.8 Å². The molecule has 122 valence electrons. The summed E-state index contributed by atoms with van der Waals surface area (Å²) in [7, 11) is 3.25. The minimum Gasteiger partial charge on any atom is -0.467 e. The number of likely N-dealkylation sites (N-methyl/N-ethyl adjacent to an activating group) is 1. The van der Waals surface area contributed by atoms with Crippen molar-refractivity contribution in [3.8, 4) is 0 Å². The van der Waals surface area contributed by atoms with Crippen molar-refractivity contribution in [1.29, 1.82) is 0 Å². The SMILES string of the molecule is CCC(C)C(NC(=O)CN(C)C(CN)C1CC1)C(=O)OC. The van der Waals surface area contributed by atoms with Gasteiger partial charge in [0.05, 0.1) is 13.7 Å².